The van der Waals surface area contributed by atoms with Crippen molar-refractivity contribution in [1.29, 1.82) is 0 Å². The number of para-hydroxylation sites is 1. The number of aromatic hydroxyl groups is 1. The van der Waals surface area contributed by atoms with Gasteiger partial charge in [0.05, 0.1) is 24.3 Å². The van der Waals surface area contributed by atoms with E-state index in [1.807, 2.05) is 25.1 Å². The third-order valence-corrected chi connectivity index (χ3v) is 6.84. The van der Waals surface area contributed by atoms with Crippen LogP contribution in [-0.4, -0.2) is 84.7 Å². The Kier molecular flexibility index (Phi) is 7.48. The Bertz CT molecular complexity index is 1210. The van der Waals surface area contributed by atoms with Gasteiger partial charge >= 0.3 is 6.09 Å². The number of rotatable bonds is 6. The molecule has 2 aliphatic heterocycles. The first-order chi connectivity index (χ1) is 17.6. The molecule has 0 aliphatic carbocycles. The van der Waals surface area contributed by atoms with Gasteiger partial charge < -0.3 is 24.8 Å². The lowest BCUT2D eigenvalue weighted by Crippen LogP contribution is -2.45. The Hall–Kier alpha value is -3.43. The fraction of sp³-hybridized carbons (Fsp3) is 0.444. The lowest BCUT2D eigenvalue weighted by Gasteiger charge is -2.33. The highest BCUT2D eigenvalue weighted by molar-refractivity contribution is 5.92. The number of carbonyl (C=O) groups is 1. The van der Waals surface area contributed by atoms with E-state index in [2.05, 4.69) is 27.2 Å². The molecule has 0 spiro atoms. The number of hydrogen-bond donors (Lipinski definition) is 2. The lowest BCUT2D eigenvalue weighted by atomic mass is 10.0. The maximum Gasteiger partial charge on any atom is 0.407 e. The molecule has 0 unspecified atom stereocenters. The summed E-state index contributed by atoms with van der Waals surface area (Å²) in [4.78, 5) is 26.4. The minimum absolute atomic E-state index is 0.0603. The molecule has 36 heavy (non-hydrogen) atoms. The van der Waals surface area contributed by atoms with Crippen molar-refractivity contribution in [2.45, 2.75) is 25.8 Å². The molecule has 2 aliphatic rings. The van der Waals surface area contributed by atoms with Crippen molar-refractivity contribution in [3.63, 3.8) is 0 Å². The number of benzene rings is 2. The van der Waals surface area contributed by atoms with Gasteiger partial charge in [-0.15, -0.1) is 0 Å². The molecule has 190 valence electrons. The van der Waals surface area contributed by atoms with Gasteiger partial charge in [0.1, 0.15) is 18.2 Å². The zero-order valence-electron chi connectivity index (χ0n) is 20.7. The van der Waals surface area contributed by atoms with E-state index in [4.69, 9.17) is 19.4 Å². The molecule has 2 saturated heterocycles. The number of piperidine rings is 1. The molecule has 0 radical (unpaired) electrons. The van der Waals surface area contributed by atoms with E-state index in [1.54, 1.807) is 12.1 Å². The molecule has 0 bridgehead atoms. The van der Waals surface area contributed by atoms with Gasteiger partial charge in [-0.3, -0.25) is 4.90 Å². The quantitative estimate of drug-likeness (QED) is 0.542. The number of carbonyl (C=O) groups excluding carboxylic acids is 1. The van der Waals surface area contributed by atoms with Gasteiger partial charge in [0.2, 0.25) is 0 Å². The van der Waals surface area contributed by atoms with Crippen LogP contribution >= 0.6 is 0 Å². The number of fused-ring (bicyclic) bond motifs is 1. The number of aryl methyl sites for hydroxylation is 1. The Balaban J connectivity index is 1.23. The van der Waals surface area contributed by atoms with Crippen LogP contribution in [-0.2, 0) is 9.47 Å². The van der Waals surface area contributed by atoms with Crippen molar-refractivity contribution >= 4 is 22.8 Å². The smallest absolute Gasteiger partial charge is 0.407 e. The van der Waals surface area contributed by atoms with Crippen molar-refractivity contribution in [2.24, 2.45) is 0 Å². The van der Waals surface area contributed by atoms with Crippen LogP contribution in [0.5, 0.6) is 5.75 Å². The van der Waals surface area contributed by atoms with Crippen molar-refractivity contribution in [1.82, 2.24) is 20.2 Å². The number of morpholine rings is 1. The van der Waals surface area contributed by atoms with Gasteiger partial charge in [-0.1, -0.05) is 18.2 Å². The number of ether oxygens (including phenoxy) is 2. The van der Waals surface area contributed by atoms with Gasteiger partial charge in [0, 0.05) is 44.2 Å². The summed E-state index contributed by atoms with van der Waals surface area (Å²) in [7, 11) is 0. The van der Waals surface area contributed by atoms with Crippen LogP contribution in [0.25, 0.3) is 22.3 Å². The van der Waals surface area contributed by atoms with E-state index in [0.29, 0.717) is 18.0 Å². The zero-order valence-corrected chi connectivity index (χ0v) is 20.7. The number of phenols is 1. The summed E-state index contributed by atoms with van der Waals surface area (Å²) in [6, 6.07) is 13.4. The Morgan fingerprint density at radius 2 is 1.89 bits per heavy atom. The van der Waals surface area contributed by atoms with E-state index in [1.165, 1.54) is 0 Å². The van der Waals surface area contributed by atoms with Crippen LogP contribution < -0.4 is 10.2 Å². The summed E-state index contributed by atoms with van der Waals surface area (Å²) in [5.41, 5.74) is 2.58. The molecular formula is C27H33N5O4. The van der Waals surface area contributed by atoms with Crippen LogP contribution in [0.1, 0.15) is 18.4 Å². The number of aromatic nitrogens is 2. The molecule has 5 rings (SSSR count). The molecule has 3 aromatic rings. The number of alkyl carbamates (subject to hydrolysis) is 1. The summed E-state index contributed by atoms with van der Waals surface area (Å²) in [5.74, 6) is 1.51. The monoisotopic (exact) mass is 491 g/mol. The number of hydrogen-bond acceptors (Lipinski definition) is 8. The summed E-state index contributed by atoms with van der Waals surface area (Å²) in [6.07, 6.45) is 1.23. The number of nitrogens with zero attached hydrogens (tertiary/aromatic N) is 4. The van der Waals surface area contributed by atoms with Gasteiger partial charge in [0.15, 0.2) is 5.82 Å². The number of phenolic OH excluding ortho intramolecular Hbond substituents is 1. The first-order valence-corrected chi connectivity index (χ1v) is 12.6. The van der Waals surface area contributed by atoms with Crippen molar-refractivity contribution in [3.8, 4) is 17.1 Å². The Morgan fingerprint density at radius 3 is 2.67 bits per heavy atom. The second-order valence-electron chi connectivity index (χ2n) is 9.40. The molecule has 1 aromatic heterocycles. The van der Waals surface area contributed by atoms with Gasteiger partial charge in [-0.05, 0) is 49.6 Å². The lowest BCUT2D eigenvalue weighted by molar-refractivity contribution is 0.0278. The van der Waals surface area contributed by atoms with Crippen LogP contribution in [0.2, 0.25) is 0 Å². The van der Waals surface area contributed by atoms with E-state index in [-0.39, 0.29) is 17.9 Å². The average Bonchev–Trinajstić information content (AvgIpc) is 2.89. The zero-order chi connectivity index (χ0) is 24.9. The second-order valence-corrected chi connectivity index (χ2v) is 9.40. The predicted octanol–water partition coefficient (Wildman–Crippen LogP) is 3.34. The highest BCUT2D eigenvalue weighted by Crippen LogP contribution is 2.33. The van der Waals surface area contributed by atoms with Crippen molar-refractivity contribution in [2.75, 3.05) is 57.4 Å². The SMILES string of the molecule is Cc1ccc2c(N3CCC(NC(=O)OCCN4CCOCC4)CC3)nc(-c3ccccc3O)nc2c1. The molecular weight excluding hydrogens is 458 g/mol. The Morgan fingerprint density at radius 1 is 1.11 bits per heavy atom. The highest BCUT2D eigenvalue weighted by atomic mass is 16.5. The molecule has 2 fully saturated rings. The minimum Gasteiger partial charge on any atom is -0.507 e. The predicted molar refractivity (Wildman–Crippen MR) is 138 cm³/mol. The molecule has 0 saturated carbocycles. The molecule has 9 heteroatoms. The average molecular weight is 492 g/mol. The first-order valence-electron chi connectivity index (χ1n) is 12.6. The summed E-state index contributed by atoms with van der Waals surface area (Å²) in [6.45, 7) is 7.88. The minimum atomic E-state index is -0.355. The second kappa shape index (κ2) is 11.1. The molecule has 9 nitrogen and oxygen atoms in total. The van der Waals surface area contributed by atoms with Crippen LogP contribution in [0.15, 0.2) is 42.5 Å². The van der Waals surface area contributed by atoms with Gasteiger partial charge in [0.25, 0.3) is 0 Å². The van der Waals surface area contributed by atoms with Crippen LogP contribution in [0.4, 0.5) is 10.6 Å². The third-order valence-electron chi connectivity index (χ3n) is 6.84. The van der Waals surface area contributed by atoms with E-state index < -0.39 is 0 Å². The van der Waals surface area contributed by atoms with E-state index in [0.717, 1.165) is 81.1 Å². The largest absolute Gasteiger partial charge is 0.507 e. The Labute approximate surface area is 211 Å². The van der Waals surface area contributed by atoms with Crippen molar-refractivity contribution in [3.05, 3.63) is 48.0 Å². The topological polar surface area (TPSA) is 100 Å². The normalized spacial score (nSPS) is 17.3. The number of anilines is 1. The summed E-state index contributed by atoms with van der Waals surface area (Å²) in [5, 5.41) is 14.4. The number of nitrogens with one attached hydrogen (secondary N) is 1. The molecule has 0 atom stereocenters. The highest BCUT2D eigenvalue weighted by Gasteiger charge is 2.24. The fourth-order valence-electron chi connectivity index (χ4n) is 4.78. The van der Waals surface area contributed by atoms with Crippen LogP contribution in [0, 0.1) is 6.92 Å². The van der Waals surface area contributed by atoms with Crippen molar-refractivity contribution < 1.29 is 19.4 Å². The van der Waals surface area contributed by atoms with Gasteiger partial charge in [-0.25, -0.2) is 14.8 Å². The summed E-state index contributed by atoms with van der Waals surface area (Å²) < 4.78 is 10.8. The molecule has 1 amide bonds. The van der Waals surface area contributed by atoms with E-state index >= 15 is 0 Å². The van der Waals surface area contributed by atoms with E-state index in [9.17, 15) is 9.90 Å². The van der Waals surface area contributed by atoms with Crippen LogP contribution in [0.3, 0.4) is 0 Å². The standard InChI is InChI=1S/C27H33N5O4/c1-19-6-7-21-23(18-19)29-25(22-4-2-3-5-24(22)33)30-26(21)32-10-8-20(9-11-32)28-27(34)36-17-14-31-12-15-35-16-13-31/h2-7,18,20,33H,8-17H2,1H3,(H,28,34). The fourth-order valence-corrected chi connectivity index (χ4v) is 4.78. The first kappa shape index (κ1) is 24.3. The molecule has 2 N–H and O–H groups in total. The maximum absolute atomic E-state index is 12.3. The molecule has 2 aromatic carbocycles. The third kappa shape index (κ3) is 5.68. The molecule has 3 heterocycles. The number of amides is 1. The maximum atomic E-state index is 12.3. The summed E-state index contributed by atoms with van der Waals surface area (Å²) >= 11 is 0. The van der Waals surface area contributed by atoms with Gasteiger partial charge in [-0.2, -0.15) is 0 Å².